The van der Waals surface area contributed by atoms with Gasteiger partial charge < -0.3 is 19.5 Å². The Hall–Kier alpha value is -2.88. The van der Waals surface area contributed by atoms with Crippen LogP contribution in [0.1, 0.15) is 11.1 Å². The molecule has 31 heavy (non-hydrogen) atoms. The number of sulfonamides is 1. The zero-order chi connectivity index (χ0) is 22.4. The van der Waals surface area contributed by atoms with Crippen molar-refractivity contribution in [3.8, 4) is 11.5 Å². The quantitative estimate of drug-likeness (QED) is 0.658. The zero-order valence-corrected chi connectivity index (χ0v) is 18.6. The number of aryl methyl sites for hydroxylation is 1. The fourth-order valence-corrected chi connectivity index (χ4v) is 4.80. The van der Waals surface area contributed by atoms with Crippen molar-refractivity contribution in [1.82, 2.24) is 4.31 Å². The summed E-state index contributed by atoms with van der Waals surface area (Å²) in [5.41, 5.74) is 2.15. The lowest BCUT2D eigenvalue weighted by Crippen LogP contribution is -2.40. The second kappa shape index (κ2) is 9.95. The lowest BCUT2D eigenvalue weighted by molar-refractivity contribution is -0.111. The summed E-state index contributed by atoms with van der Waals surface area (Å²) in [5.74, 6) is 0.464. The van der Waals surface area contributed by atoms with Crippen molar-refractivity contribution in [2.75, 3.05) is 45.8 Å². The summed E-state index contributed by atoms with van der Waals surface area (Å²) in [4.78, 5) is 12.4. The molecule has 0 atom stereocenters. The molecule has 1 N–H and O–H groups in total. The minimum Gasteiger partial charge on any atom is -0.496 e. The van der Waals surface area contributed by atoms with Crippen molar-refractivity contribution in [2.24, 2.45) is 0 Å². The van der Waals surface area contributed by atoms with E-state index in [0.717, 1.165) is 11.1 Å². The van der Waals surface area contributed by atoms with Crippen LogP contribution in [0.25, 0.3) is 6.08 Å². The molecule has 0 bridgehead atoms. The molecule has 3 rings (SSSR count). The highest BCUT2D eigenvalue weighted by atomic mass is 32.2. The third-order valence-electron chi connectivity index (χ3n) is 4.82. The monoisotopic (exact) mass is 446 g/mol. The summed E-state index contributed by atoms with van der Waals surface area (Å²) >= 11 is 0. The van der Waals surface area contributed by atoms with Gasteiger partial charge in [-0.3, -0.25) is 4.79 Å². The zero-order valence-electron chi connectivity index (χ0n) is 17.8. The molecular formula is C22H26N2O6S. The third kappa shape index (κ3) is 5.43. The van der Waals surface area contributed by atoms with E-state index in [2.05, 4.69) is 5.32 Å². The number of nitrogens with one attached hydrogen (secondary N) is 1. The number of nitrogens with zero attached hydrogens (tertiary/aromatic N) is 1. The molecule has 8 nitrogen and oxygen atoms in total. The van der Waals surface area contributed by atoms with Crippen LogP contribution in [0.4, 0.5) is 5.69 Å². The molecule has 0 radical (unpaired) electrons. The number of methoxy groups -OCH3 is 2. The summed E-state index contributed by atoms with van der Waals surface area (Å²) in [7, 11) is -0.818. The number of carbonyl (C=O) groups excluding carboxylic acids is 1. The van der Waals surface area contributed by atoms with E-state index in [-0.39, 0.29) is 23.7 Å². The van der Waals surface area contributed by atoms with Gasteiger partial charge in [0.05, 0.1) is 27.4 Å². The number of ether oxygens (including phenoxy) is 3. The van der Waals surface area contributed by atoms with E-state index in [1.165, 1.54) is 29.6 Å². The average Bonchev–Trinajstić information content (AvgIpc) is 2.78. The van der Waals surface area contributed by atoms with Crippen LogP contribution in [0.3, 0.4) is 0 Å². The normalized spacial score (nSPS) is 15.1. The first-order valence-electron chi connectivity index (χ1n) is 9.75. The van der Waals surface area contributed by atoms with Crippen molar-refractivity contribution in [3.63, 3.8) is 0 Å². The van der Waals surface area contributed by atoms with Crippen LogP contribution < -0.4 is 14.8 Å². The van der Waals surface area contributed by atoms with Crippen LogP contribution in [-0.2, 0) is 19.6 Å². The molecule has 166 valence electrons. The number of morpholine rings is 1. The number of rotatable bonds is 7. The summed E-state index contributed by atoms with van der Waals surface area (Å²) in [5, 5.41) is 2.70. The van der Waals surface area contributed by atoms with Gasteiger partial charge in [-0.15, -0.1) is 0 Å². The first kappa shape index (κ1) is 22.8. The maximum atomic E-state index is 13.1. The van der Waals surface area contributed by atoms with Gasteiger partial charge in [0, 0.05) is 30.4 Å². The average molecular weight is 447 g/mol. The number of anilines is 1. The number of hydrogen-bond donors (Lipinski definition) is 1. The Morgan fingerprint density at radius 3 is 2.42 bits per heavy atom. The largest absolute Gasteiger partial charge is 0.496 e. The molecule has 1 aliphatic rings. The number of hydrogen-bond acceptors (Lipinski definition) is 6. The Labute approximate surface area is 182 Å². The molecule has 0 unspecified atom stereocenters. The number of benzene rings is 2. The van der Waals surface area contributed by atoms with Crippen molar-refractivity contribution < 1.29 is 27.4 Å². The summed E-state index contributed by atoms with van der Waals surface area (Å²) < 4.78 is 43.3. The minimum absolute atomic E-state index is 0.000895. The van der Waals surface area contributed by atoms with E-state index in [1.54, 1.807) is 19.3 Å². The molecule has 1 heterocycles. The van der Waals surface area contributed by atoms with Gasteiger partial charge in [-0.2, -0.15) is 4.31 Å². The molecule has 0 saturated carbocycles. The molecular weight excluding hydrogens is 420 g/mol. The van der Waals surface area contributed by atoms with Gasteiger partial charge in [-0.05, 0) is 43.3 Å². The van der Waals surface area contributed by atoms with Crippen LogP contribution in [0.2, 0.25) is 0 Å². The van der Waals surface area contributed by atoms with Crippen molar-refractivity contribution in [2.45, 2.75) is 11.8 Å². The smallest absolute Gasteiger partial charge is 0.248 e. The van der Waals surface area contributed by atoms with Crippen molar-refractivity contribution in [1.29, 1.82) is 0 Å². The van der Waals surface area contributed by atoms with Gasteiger partial charge in [-0.25, -0.2) is 8.42 Å². The van der Waals surface area contributed by atoms with Gasteiger partial charge in [0.25, 0.3) is 0 Å². The standard InChI is InChI=1S/C22H26N2O6S/c1-16-4-7-19(28-2)17(14-16)5-9-22(25)23-18-6-8-20(29-3)21(15-18)31(26,27)24-10-12-30-13-11-24/h4-9,14-15H,10-13H2,1-3H3,(H,23,25). The van der Waals surface area contributed by atoms with Crippen LogP contribution in [0.5, 0.6) is 11.5 Å². The van der Waals surface area contributed by atoms with E-state index in [4.69, 9.17) is 14.2 Å². The fourth-order valence-electron chi connectivity index (χ4n) is 3.22. The second-order valence-corrected chi connectivity index (χ2v) is 8.86. The first-order valence-corrected chi connectivity index (χ1v) is 11.2. The lowest BCUT2D eigenvalue weighted by Gasteiger charge is -2.26. The molecule has 0 spiro atoms. The molecule has 1 saturated heterocycles. The van der Waals surface area contributed by atoms with E-state index >= 15 is 0 Å². The maximum Gasteiger partial charge on any atom is 0.248 e. The van der Waals surface area contributed by atoms with Crippen LogP contribution in [0.15, 0.2) is 47.4 Å². The molecule has 2 aromatic rings. The molecule has 1 aliphatic heterocycles. The minimum atomic E-state index is -3.79. The lowest BCUT2D eigenvalue weighted by atomic mass is 10.1. The molecule has 1 amide bonds. The third-order valence-corrected chi connectivity index (χ3v) is 6.74. The van der Waals surface area contributed by atoms with E-state index in [9.17, 15) is 13.2 Å². The number of amides is 1. The topological polar surface area (TPSA) is 94.2 Å². The summed E-state index contributed by atoms with van der Waals surface area (Å²) in [6, 6.07) is 10.2. The summed E-state index contributed by atoms with van der Waals surface area (Å²) in [6.45, 7) is 3.16. The van der Waals surface area contributed by atoms with Gasteiger partial charge in [0.1, 0.15) is 16.4 Å². The van der Waals surface area contributed by atoms with Gasteiger partial charge in [0.2, 0.25) is 15.9 Å². The maximum absolute atomic E-state index is 13.1. The molecule has 1 fully saturated rings. The summed E-state index contributed by atoms with van der Waals surface area (Å²) in [6.07, 6.45) is 3.02. The van der Waals surface area contributed by atoms with E-state index in [0.29, 0.717) is 24.7 Å². The second-order valence-electron chi connectivity index (χ2n) is 6.95. The highest BCUT2D eigenvalue weighted by Crippen LogP contribution is 2.30. The Morgan fingerprint density at radius 1 is 1.06 bits per heavy atom. The van der Waals surface area contributed by atoms with Crippen LogP contribution in [0, 0.1) is 6.92 Å². The molecule has 0 aliphatic carbocycles. The van der Waals surface area contributed by atoms with Crippen LogP contribution in [-0.4, -0.2) is 59.2 Å². The SMILES string of the molecule is COc1ccc(C)cc1C=CC(=O)Nc1ccc(OC)c(S(=O)(=O)N2CCOCC2)c1. The Bertz CT molecular complexity index is 1080. The van der Waals surface area contributed by atoms with Crippen molar-refractivity contribution >= 4 is 27.7 Å². The number of carbonyl (C=O) groups is 1. The van der Waals surface area contributed by atoms with E-state index < -0.39 is 15.9 Å². The predicted molar refractivity (Wildman–Crippen MR) is 118 cm³/mol. The molecule has 9 heteroatoms. The molecule has 2 aromatic carbocycles. The van der Waals surface area contributed by atoms with Crippen LogP contribution >= 0.6 is 0 Å². The van der Waals surface area contributed by atoms with Gasteiger partial charge >= 0.3 is 0 Å². The highest BCUT2D eigenvalue weighted by Gasteiger charge is 2.29. The Kier molecular flexibility index (Phi) is 7.32. The highest BCUT2D eigenvalue weighted by molar-refractivity contribution is 7.89. The predicted octanol–water partition coefficient (Wildman–Crippen LogP) is 2.69. The Morgan fingerprint density at radius 2 is 1.74 bits per heavy atom. The van der Waals surface area contributed by atoms with Crippen molar-refractivity contribution in [3.05, 3.63) is 53.6 Å². The fraction of sp³-hybridized carbons (Fsp3) is 0.318. The Balaban J connectivity index is 1.81. The van der Waals surface area contributed by atoms with E-state index in [1.807, 2.05) is 25.1 Å². The van der Waals surface area contributed by atoms with Gasteiger partial charge in [0.15, 0.2) is 0 Å². The first-order chi connectivity index (χ1) is 14.8. The van der Waals surface area contributed by atoms with Gasteiger partial charge in [-0.1, -0.05) is 11.6 Å². The molecule has 0 aromatic heterocycles.